The highest BCUT2D eigenvalue weighted by Gasteiger charge is 2.47. The van der Waals surface area contributed by atoms with Gasteiger partial charge in [-0.3, -0.25) is 0 Å². The second-order valence-corrected chi connectivity index (χ2v) is 6.69. The van der Waals surface area contributed by atoms with Crippen LogP contribution in [-0.2, 0) is 0 Å². The van der Waals surface area contributed by atoms with E-state index >= 15 is 0 Å². The summed E-state index contributed by atoms with van der Waals surface area (Å²) in [5, 5.41) is 0. The van der Waals surface area contributed by atoms with Crippen molar-refractivity contribution in [2.45, 2.75) is 32.9 Å². The van der Waals surface area contributed by atoms with Gasteiger partial charge in [-0.1, -0.05) is 57.2 Å². The van der Waals surface area contributed by atoms with Crippen LogP contribution in [0, 0.1) is 5.41 Å². The molecule has 0 spiro atoms. The summed E-state index contributed by atoms with van der Waals surface area (Å²) in [6.45, 7) is 4.84. The van der Waals surface area contributed by atoms with E-state index in [1.165, 1.54) is 0 Å². The highest BCUT2D eigenvalue weighted by Crippen LogP contribution is 2.46. The van der Waals surface area contributed by atoms with Crippen LogP contribution >= 0.6 is 0 Å². The fourth-order valence-corrected chi connectivity index (χ4v) is 2.83. The van der Waals surface area contributed by atoms with Gasteiger partial charge in [-0.05, 0) is 34.2 Å². The van der Waals surface area contributed by atoms with Gasteiger partial charge in [-0.2, -0.15) is 13.2 Å². The Hall–Kier alpha value is -1.97. The Labute approximate surface area is 135 Å². The van der Waals surface area contributed by atoms with E-state index in [1.54, 1.807) is 52.1 Å². The molecule has 0 saturated heterocycles. The van der Waals surface area contributed by atoms with Crippen molar-refractivity contribution in [2.75, 3.05) is 7.11 Å². The van der Waals surface area contributed by atoms with Crippen LogP contribution in [0.2, 0.25) is 0 Å². The molecule has 0 aromatic heterocycles. The van der Waals surface area contributed by atoms with E-state index in [4.69, 9.17) is 4.74 Å². The predicted octanol–water partition coefficient (Wildman–Crippen LogP) is 6.05. The Kier molecular flexibility index (Phi) is 4.73. The lowest BCUT2D eigenvalue weighted by Crippen LogP contribution is -2.32. The van der Waals surface area contributed by atoms with Gasteiger partial charge in [0.05, 0.1) is 13.0 Å². The predicted molar refractivity (Wildman–Crippen MR) is 86.7 cm³/mol. The van der Waals surface area contributed by atoms with Gasteiger partial charge in [0, 0.05) is 0 Å². The maximum absolute atomic E-state index is 13.4. The van der Waals surface area contributed by atoms with Crippen molar-refractivity contribution < 1.29 is 17.9 Å². The molecule has 0 N–H and O–H groups in total. The molecule has 1 nitrogen and oxygen atoms in total. The first-order valence-corrected chi connectivity index (χ1v) is 7.44. The first kappa shape index (κ1) is 17.4. The molecule has 2 rings (SSSR count). The summed E-state index contributed by atoms with van der Waals surface area (Å²) >= 11 is 0. The molecule has 0 fully saturated rings. The Morgan fingerprint density at radius 1 is 0.783 bits per heavy atom. The zero-order chi connectivity index (χ0) is 17.3. The van der Waals surface area contributed by atoms with E-state index in [9.17, 15) is 13.2 Å². The summed E-state index contributed by atoms with van der Waals surface area (Å²) in [5.41, 5.74) is 1.23. The number of benzene rings is 2. The van der Waals surface area contributed by atoms with Crippen LogP contribution in [0.3, 0.4) is 0 Å². The molecule has 124 valence electrons. The average molecular weight is 322 g/mol. The van der Waals surface area contributed by atoms with Gasteiger partial charge in [0.2, 0.25) is 0 Å². The molecule has 23 heavy (non-hydrogen) atoms. The molecule has 2 aromatic rings. The first-order chi connectivity index (χ1) is 10.6. The van der Waals surface area contributed by atoms with E-state index in [2.05, 4.69) is 0 Å². The van der Waals surface area contributed by atoms with Crippen LogP contribution < -0.4 is 4.74 Å². The van der Waals surface area contributed by atoms with Crippen molar-refractivity contribution in [1.29, 1.82) is 0 Å². The second kappa shape index (κ2) is 6.26. The number of hydrogen-bond donors (Lipinski definition) is 0. The molecule has 1 unspecified atom stereocenters. The van der Waals surface area contributed by atoms with Crippen LogP contribution in [-0.4, -0.2) is 13.3 Å². The van der Waals surface area contributed by atoms with E-state index < -0.39 is 17.5 Å². The molecular formula is C19H21F3O. The zero-order valence-corrected chi connectivity index (χ0v) is 13.7. The Balaban J connectivity index is 2.33. The molecular weight excluding hydrogens is 301 g/mol. The first-order valence-electron chi connectivity index (χ1n) is 7.44. The monoisotopic (exact) mass is 322 g/mol. The topological polar surface area (TPSA) is 9.23 Å². The summed E-state index contributed by atoms with van der Waals surface area (Å²) in [6, 6.07) is 14.1. The molecule has 4 heteroatoms. The number of alkyl halides is 3. The molecule has 0 aliphatic heterocycles. The van der Waals surface area contributed by atoms with E-state index in [-0.39, 0.29) is 0 Å². The Bertz CT molecular complexity index is 620. The normalized spacial score (nSPS) is 13.7. The summed E-state index contributed by atoms with van der Waals surface area (Å²) in [5.74, 6) is -0.741. The second-order valence-electron chi connectivity index (χ2n) is 6.69. The van der Waals surface area contributed by atoms with Gasteiger partial charge in [0.15, 0.2) is 0 Å². The van der Waals surface area contributed by atoms with Crippen molar-refractivity contribution in [3.63, 3.8) is 0 Å². The standard InChI is InChI=1S/C19H21F3O/c1-18(2,3)17(19(20,21)22)15-7-5-13(6-8-15)14-9-11-16(23-4)12-10-14/h5-12,17H,1-4H3. The smallest absolute Gasteiger partial charge is 0.396 e. The van der Waals surface area contributed by atoms with Gasteiger partial charge in [0.1, 0.15) is 5.75 Å². The van der Waals surface area contributed by atoms with Crippen molar-refractivity contribution in [1.82, 2.24) is 0 Å². The highest BCUT2D eigenvalue weighted by molar-refractivity contribution is 5.64. The van der Waals surface area contributed by atoms with Crippen LogP contribution in [0.1, 0.15) is 32.3 Å². The Morgan fingerprint density at radius 2 is 1.22 bits per heavy atom. The molecule has 0 aliphatic rings. The molecule has 2 aromatic carbocycles. The fraction of sp³-hybridized carbons (Fsp3) is 0.368. The summed E-state index contributed by atoms with van der Waals surface area (Å²) in [7, 11) is 1.59. The average Bonchev–Trinajstić information content (AvgIpc) is 2.45. The molecule has 0 heterocycles. The van der Waals surface area contributed by atoms with Gasteiger partial charge in [-0.15, -0.1) is 0 Å². The third-order valence-electron chi connectivity index (χ3n) is 3.86. The zero-order valence-electron chi connectivity index (χ0n) is 13.7. The summed E-state index contributed by atoms with van der Waals surface area (Å²) in [6.07, 6.45) is -4.26. The van der Waals surface area contributed by atoms with Crippen LogP contribution in [0.4, 0.5) is 13.2 Å². The van der Waals surface area contributed by atoms with Gasteiger partial charge in [-0.25, -0.2) is 0 Å². The molecule has 0 radical (unpaired) electrons. The Morgan fingerprint density at radius 3 is 1.57 bits per heavy atom. The van der Waals surface area contributed by atoms with Crippen LogP contribution in [0.15, 0.2) is 48.5 Å². The van der Waals surface area contributed by atoms with E-state index in [0.717, 1.165) is 16.9 Å². The number of methoxy groups -OCH3 is 1. The van der Waals surface area contributed by atoms with Crippen molar-refractivity contribution >= 4 is 0 Å². The van der Waals surface area contributed by atoms with Crippen molar-refractivity contribution in [2.24, 2.45) is 5.41 Å². The van der Waals surface area contributed by atoms with Gasteiger partial charge < -0.3 is 4.74 Å². The van der Waals surface area contributed by atoms with Crippen molar-refractivity contribution in [3.05, 3.63) is 54.1 Å². The minimum absolute atomic E-state index is 0.294. The molecule has 0 saturated carbocycles. The van der Waals surface area contributed by atoms with E-state index in [0.29, 0.717) is 5.56 Å². The van der Waals surface area contributed by atoms with Gasteiger partial charge in [0.25, 0.3) is 0 Å². The lowest BCUT2D eigenvalue weighted by molar-refractivity contribution is -0.171. The molecule has 0 aliphatic carbocycles. The molecule has 0 bridgehead atoms. The van der Waals surface area contributed by atoms with Crippen molar-refractivity contribution in [3.8, 4) is 16.9 Å². The SMILES string of the molecule is COc1ccc(-c2ccc(C(C(C)(C)C)C(F)(F)F)cc2)cc1. The minimum atomic E-state index is -4.26. The molecule has 1 atom stereocenters. The van der Waals surface area contributed by atoms with Crippen LogP contribution in [0.5, 0.6) is 5.75 Å². The number of halogens is 3. The molecule has 0 amide bonds. The summed E-state index contributed by atoms with van der Waals surface area (Å²) < 4.78 is 45.3. The number of hydrogen-bond acceptors (Lipinski definition) is 1. The largest absolute Gasteiger partial charge is 0.497 e. The lowest BCUT2D eigenvalue weighted by Gasteiger charge is -2.33. The third-order valence-corrected chi connectivity index (χ3v) is 3.86. The number of ether oxygens (including phenoxy) is 1. The quantitative estimate of drug-likeness (QED) is 0.668. The maximum atomic E-state index is 13.4. The van der Waals surface area contributed by atoms with Crippen LogP contribution in [0.25, 0.3) is 11.1 Å². The fourth-order valence-electron chi connectivity index (χ4n) is 2.83. The maximum Gasteiger partial charge on any atom is 0.396 e. The summed E-state index contributed by atoms with van der Waals surface area (Å²) in [4.78, 5) is 0. The van der Waals surface area contributed by atoms with E-state index in [1.807, 2.05) is 24.3 Å². The van der Waals surface area contributed by atoms with Gasteiger partial charge >= 0.3 is 6.18 Å². The lowest BCUT2D eigenvalue weighted by atomic mass is 9.76. The minimum Gasteiger partial charge on any atom is -0.497 e. The third kappa shape index (κ3) is 4.06. The number of rotatable bonds is 3. The highest BCUT2D eigenvalue weighted by atomic mass is 19.4.